The highest BCUT2D eigenvalue weighted by atomic mass is 16.5. The van der Waals surface area contributed by atoms with Gasteiger partial charge in [0.1, 0.15) is 11.5 Å². The van der Waals surface area contributed by atoms with Gasteiger partial charge in [-0.2, -0.15) is 5.10 Å². The first kappa shape index (κ1) is 22.5. The Bertz CT molecular complexity index is 1260. The lowest BCUT2D eigenvalue weighted by molar-refractivity contribution is -0.132. The van der Waals surface area contributed by atoms with Crippen molar-refractivity contribution in [2.45, 2.75) is 18.6 Å². The number of nitrogens with zero attached hydrogens (tertiary/aromatic N) is 3. The van der Waals surface area contributed by atoms with E-state index in [1.807, 2.05) is 77.7 Å². The van der Waals surface area contributed by atoms with Crippen molar-refractivity contribution in [3.8, 4) is 11.5 Å². The predicted octanol–water partition coefficient (Wildman–Crippen LogP) is 3.13. The van der Waals surface area contributed by atoms with Gasteiger partial charge in [-0.1, -0.05) is 54.6 Å². The predicted molar refractivity (Wildman–Crippen MR) is 132 cm³/mol. The largest absolute Gasteiger partial charge is 0.497 e. The lowest BCUT2D eigenvalue weighted by Crippen LogP contribution is -2.50. The van der Waals surface area contributed by atoms with Gasteiger partial charge in [0.2, 0.25) is 0 Å². The molecular weight excluding hydrogens is 444 g/mol. The van der Waals surface area contributed by atoms with Gasteiger partial charge in [-0.25, -0.2) is 5.01 Å². The van der Waals surface area contributed by atoms with Crippen LogP contribution in [0, 0.1) is 0 Å². The fraction of sp³-hybridized carbons (Fsp3) is 0.222. The van der Waals surface area contributed by atoms with Crippen LogP contribution in [-0.4, -0.2) is 48.8 Å². The van der Waals surface area contributed by atoms with Crippen LogP contribution in [0.3, 0.4) is 0 Å². The van der Waals surface area contributed by atoms with Crippen molar-refractivity contribution in [2.75, 3.05) is 25.1 Å². The average Bonchev–Trinajstić information content (AvgIpc) is 3.35. The van der Waals surface area contributed by atoms with Gasteiger partial charge < -0.3 is 20.1 Å². The lowest BCUT2D eigenvalue weighted by atomic mass is 9.98. The van der Waals surface area contributed by atoms with E-state index >= 15 is 0 Å². The zero-order valence-electron chi connectivity index (χ0n) is 19.3. The number of fused-ring (bicyclic) bond motifs is 1. The molecule has 0 saturated heterocycles. The zero-order chi connectivity index (χ0) is 24.4. The minimum Gasteiger partial charge on any atom is -0.497 e. The number of ether oxygens (including phenoxy) is 2. The zero-order valence-corrected chi connectivity index (χ0v) is 19.3. The number of hydrazone groups is 1. The van der Waals surface area contributed by atoms with Crippen molar-refractivity contribution >= 4 is 23.2 Å². The minimum absolute atomic E-state index is 0.0301. The van der Waals surface area contributed by atoms with Crippen LogP contribution >= 0.6 is 0 Å². The number of para-hydroxylation sites is 2. The number of anilines is 1. The second-order valence-electron chi connectivity index (χ2n) is 8.50. The highest BCUT2D eigenvalue weighted by Gasteiger charge is 2.36. The summed E-state index contributed by atoms with van der Waals surface area (Å²) in [5.74, 6) is 0.517. The summed E-state index contributed by atoms with van der Waals surface area (Å²) in [7, 11) is 1.62. The van der Waals surface area contributed by atoms with E-state index < -0.39 is 12.0 Å². The van der Waals surface area contributed by atoms with Crippen molar-refractivity contribution < 1.29 is 19.1 Å². The van der Waals surface area contributed by atoms with Gasteiger partial charge >= 0.3 is 0 Å². The molecule has 0 aromatic heterocycles. The van der Waals surface area contributed by atoms with Crippen LogP contribution in [0.4, 0.5) is 5.69 Å². The number of hydrogen-bond donors (Lipinski definition) is 1. The van der Waals surface area contributed by atoms with Crippen molar-refractivity contribution in [3.05, 3.63) is 90.0 Å². The lowest BCUT2D eigenvalue weighted by Gasteiger charge is -2.35. The van der Waals surface area contributed by atoms with Gasteiger partial charge in [0.15, 0.2) is 6.10 Å². The molecule has 2 aliphatic rings. The summed E-state index contributed by atoms with van der Waals surface area (Å²) in [4.78, 5) is 27.4. The van der Waals surface area contributed by atoms with Crippen molar-refractivity contribution in [2.24, 2.45) is 10.8 Å². The number of hydrogen-bond acceptors (Lipinski definition) is 6. The first-order chi connectivity index (χ1) is 17.0. The molecule has 35 heavy (non-hydrogen) atoms. The van der Waals surface area contributed by atoms with Gasteiger partial charge in [0.25, 0.3) is 11.8 Å². The molecule has 8 nitrogen and oxygen atoms in total. The van der Waals surface area contributed by atoms with E-state index in [-0.39, 0.29) is 25.0 Å². The number of rotatable bonds is 6. The summed E-state index contributed by atoms with van der Waals surface area (Å²) >= 11 is 0. The Labute approximate surface area is 203 Å². The number of carbonyl (C=O) groups is 2. The molecule has 2 amide bonds. The van der Waals surface area contributed by atoms with Gasteiger partial charge in [0, 0.05) is 6.42 Å². The highest BCUT2D eigenvalue weighted by Crippen LogP contribution is 2.36. The number of benzene rings is 3. The smallest absolute Gasteiger partial charge is 0.262 e. The Balaban J connectivity index is 1.45. The number of carbonyl (C=O) groups excluding carboxylic acids is 2. The molecule has 0 radical (unpaired) electrons. The Morgan fingerprint density at radius 1 is 1.03 bits per heavy atom. The summed E-state index contributed by atoms with van der Waals surface area (Å²) in [6.07, 6.45) is -0.247. The molecule has 178 valence electrons. The Hall–Kier alpha value is -4.33. The van der Waals surface area contributed by atoms with Crippen molar-refractivity contribution in [1.29, 1.82) is 0 Å². The first-order valence-electron chi connectivity index (χ1n) is 11.4. The molecule has 0 unspecified atom stereocenters. The molecule has 0 spiro atoms. The molecule has 5 rings (SSSR count). The highest BCUT2D eigenvalue weighted by molar-refractivity contribution is 6.03. The molecule has 2 aliphatic heterocycles. The van der Waals surface area contributed by atoms with Crippen molar-refractivity contribution in [3.63, 3.8) is 0 Å². The van der Waals surface area contributed by atoms with Crippen LogP contribution in [0.15, 0.2) is 84.0 Å². The summed E-state index contributed by atoms with van der Waals surface area (Å²) in [5, 5.41) is 6.31. The molecule has 3 aromatic carbocycles. The molecule has 0 aliphatic carbocycles. The topological polar surface area (TPSA) is 97.5 Å². The molecule has 2 N–H and O–H groups in total. The third-order valence-electron chi connectivity index (χ3n) is 6.28. The second kappa shape index (κ2) is 9.50. The first-order valence-corrected chi connectivity index (χ1v) is 11.4. The van der Waals surface area contributed by atoms with Crippen LogP contribution in [0.1, 0.15) is 23.6 Å². The number of primary amides is 1. The van der Waals surface area contributed by atoms with Gasteiger partial charge in [-0.05, 0) is 35.4 Å². The normalized spacial score (nSPS) is 18.9. The van der Waals surface area contributed by atoms with E-state index in [0.717, 1.165) is 28.3 Å². The van der Waals surface area contributed by atoms with E-state index in [9.17, 15) is 9.59 Å². The maximum absolute atomic E-state index is 13.7. The molecule has 0 fully saturated rings. The van der Waals surface area contributed by atoms with Crippen LogP contribution in [0.25, 0.3) is 0 Å². The summed E-state index contributed by atoms with van der Waals surface area (Å²) in [6, 6.07) is 24.6. The molecule has 8 heteroatoms. The van der Waals surface area contributed by atoms with Gasteiger partial charge in [0.05, 0.1) is 37.6 Å². The van der Waals surface area contributed by atoms with E-state index in [0.29, 0.717) is 12.2 Å². The maximum atomic E-state index is 13.7. The Morgan fingerprint density at radius 3 is 2.46 bits per heavy atom. The van der Waals surface area contributed by atoms with E-state index in [2.05, 4.69) is 0 Å². The van der Waals surface area contributed by atoms with Crippen LogP contribution in [0.5, 0.6) is 11.5 Å². The fourth-order valence-electron chi connectivity index (χ4n) is 4.47. The Morgan fingerprint density at radius 2 is 1.74 bits per heavy atom. The van der Waals surface area contributed by atoms with E-state index in [1.54, 1.807) is 18.2 Å². The number of nitrogens with two attached hydrogens (primary N) is 1. The van der Waals surface area contributed by atoms with Crippen LogP contribution < -0.4 is 20.1 Å². The van der Waals surface area contributed by atoms with Gasteiger partial charge in [-0.15, -0.1) is 0 Å². The van der Waals surface area contributed by atoms with Crippen LogP contribution in [-0.2, 0) is 9.59 Å². The summed E-state index contributed by atoms with van der Waals surface area (Å²) < 4.78 is 11.0. The minimum atomic E-state index is -0.836. The molecule has 0 bridgehead atoms. The van der Waals surface area contributed by atoms with Crippen LogP contribution in [0.2, 0.25) is 0 Å². The van der Waals surface area contributed by atoms with E-state index in [1.165, 1.54) is 0 Å². The number of methoxy groups -OCH3 is 1. The van der Waals surface area contributed by atoms with Gasteiger partial charge in [-0.3, -0.25) is 9.59 Å². The second-order valence-corrected chi connectivity index (χ2v) is 8.50. The third-order valence-corrected chi connectivity index (χ3v) is 6.28. The molecule has 2 atom stereocenters. The molecule has 0 saturated carbocycles. The molecule has 3 aromatic rings. The maximum Gasteiger partial charge on any atom is 0.262 e. The average molecular weight is 471 g/mol. The monoisotopic (exact) mass is 470 g/mol. The SMILES string of the molecule is COc1ccc([C@H]2CC(c3ccccc3)=NN2C(=O)CN2C[C@H](C(N)=O)Oc3ccccc32)cc1. The standard InChI is InChI=1S/C27H26N4O4/c1-34-20-13-11-19(12-14-20)23-15-21(18-7-3-2-4-8-18)29-31(23)26(32)17-30-16-25(27(28)33)35-24-10-6-5-9-22(24)30/h2-14,23,25H,15-17H2,1H3,(H2,28,33)/t23-,25-/m1/s1. The molecule has 2 heterocycles. The fourth-order valence-corrected chi connectivity index (χ4v) is 4.47. The molecular formula is C27H26N4O4. The summed E-state index contributed by atoms with van der Waals surface area (Å²) in [6.45, 7) is 0.219. The summed E-state index contributed by atoms with van der Waals surface area (Å²) in [5.41, 5.74) is 9.05. The quantitative estimate of drug-likeness (QED) is 0.597. The Kier molecular flexibility index (Phi) is 6.10. The number of amides is 2. The van der Waals surface area contributed by atoms with E-state index in [4.69, 9.17) is 20.3 Å². The van der Waals surface area contributed by atoms with Crippen molar-refractivity contribution in [1.82, 2.24) is 5.01 Å². The third kappa shape index (κ3) is 4.55.